The normalized spacial score (nSPS) is 18.0. The van der Waals surface area contributed by atoms with Gasteiger partial charge in [0.05, 0.1) is 18.4 Å². The first-order chi connectivity index (χ1) is 15.9. The molecule has 172 valence electrons. The molecular weight excluding hydrogens is 416 g/mol. The number of likely N-dealkylation sites (tertiary alicyclic amines) is 1. The Morgan fingerprint density at radius 1 is 1.18 bits per heavy atom. The van der Waals surface area contributed by atoms with Gasteiger partial charge in [0, 0.05) is 49.6 Å². The highest BCUT2D eigenvalue weighted by Gasteiger charge is 2.37. The molecule has 1 aliphatic heterocycles. The van der Waals surface area contributed by atoms with Gasteiger partial charge < -0.3 is 20.3 Å². The lowest BCUT2D eigenvalue weighted by molar-refractivity contribution is 0.0648. The summed E-state index contributed by atoms with van der Waals surface area (Å²) < 4.78 is 5.30. The number of anilines is 3. The predicted molar refractivity (Wildman–Crippen MR) is 129 cm³/mol. The van der Waals surface area contributed by atoms with Crippen LogP contribution >= 0.6 is 0 Å². The summed E-state index contributed by atoms with van der Waals surface area (Å²) in [4.78, 5) is 29.1. The van der Waals surface area contributed by atoms with E-state index >= 15 is 0 Å². The molecule has 1 aliphatic rings. The van der Waals surface area contributed by atoms with Crippen molar-refractivity contribution >= 4 is 23.2 Å². The van der Waals surface area contributed by atoms with E-state index in [9.17, 15) is 4.79 Å². The smallest absolute Gasteiger partial charge is 0.257 e. The molecule has 33 heavy (non-hydrogen) atoms. The second kappa shape index (κ2) is 9.44. The van der Waals surface area contributed by atoms with Crippen molar-refractivity contribution in [2.75, 3.05) is 37.9 Å². The average molecular weight is 447 g/mol. The highest BCUT2D eigenvalue weighted by molar-refractivity contribution is 5.99. The third-order valence-electron chi connectivity index (χ3n) is 6.07. The number of carbonyl (C=O) groups is 1. The number of methoxy groups -OCH3 is 1. The number of benzene rings is 1. The summed E-state index contributed by atoms with van der Waals surface area (Å²) in [5.74, 6) is 2.73. The van der Waals surface area contributed by atoms with E-state index in [1.807, 2.05) is 55.3 Å². The van der Waals surface area contributed by atoms with Crippen LogP contribution in [0, 0.1) is 6.92 Å². The fourth-order valence-electron chi connectivity index (χ4n) is 4.31. The van der Waals surface area contributed by atoms with Crippen molar-refractivity contribution in [3.05, 3.63) is 65.7 Å². The van der Waals surface area contributed by atoms with Crippen molar-refractivity contribution < 1.29 is 9.53 Å². The molecule has 4 rings (SSSR count). The van der Waals surface area contributed by atoms with Gasteiger partial charge in [-0.05, 0) is 44.0 Å². The van der Waals surface area contributed by atoms with Crippen LogP contribution in [-0.4, -0.2) is 53.0 Å². The van der Waals surface area contributed by atoms with Gasteiger partial charge in [-0.3, -0.25) is 4.79 Å². The van der Waals surface area contributed by atoms with Crippen LogP contribution in [-0.2, 0) is 5.41 Å². The molecule has 1 atom stereocenters. The zero-order valence-electron chi connectivity index (χ0n) is 19.6. The molecule has 1 aromatic carbocycles. The molecule has 1 saturated heterocycles. The van der Waals surface area contributed by atoms with E-state index in [2.05, 4.69) is 27.5 Å². The number of amides is 1. The first kappa shape index (κ1) is 22.5. The second-order valence-electron chi connectivity index (χ2n) is 8.58. The Bertz CT molecular complexity index is 1150. The molecule has 1 unspecified atom stereocenters. The standard InChI is InChI=1S/C25H30N6O2/c1-17-28-21(15-22(26-3)29-17)25(2)11-7-13-31(16-25)24(32)20-10-6-12-27-23(20)30-18-8-5-9-19(14-18)33-4/h5-6,8-10,12,14-15H,7,11,13,16H2,1-4H3,(H,27,30)(H,26,28,29). The van der Waals surface area contributed by atoms with Crippen LogP contribution in [0.2, 0.25) is 0 Å². The number of nitrogens with zero attached hydrogens (tertiary/aromatic N) is 4. The minimum atomic E-state index is -0.254. The molecule has 3 aromatic rings. The van der Waals surface area contributed by atoms with Gasteiger partial charge in [-0.1, -0.05) is 13.0 Å². The number of hydrogen-bond acceptors (Lipinski definition) is 7. The predicted octanol–water partition coefficient (Wildman–Crippen LogP) is 4.17. The minimum Gasteiger partial charge on any atom is -0.497 e. The number of hydrogen-bond donors (Lipinski definition) is 2. The van der Waals surface area contributed by atoms with Crippen LogP contribution < -0.4 is 15.4 Å². The zero-order chi connectivity index (χ0) is 23.4. The fraction of sp³-hybridized carbons (Fsp3) is 0.360. The number of aryl methyl sites for hydroxylation is 1. The van der Waals surface area contributed by atoms with Gasteiger partial charge in [0.2, 0.25) is 0 Å². The maximum absolute atomic E-state index is 13.6. The molecule has 0 saturated carbocycles. The van der Waals surface area contributed by atoms with E-state index < -0.39 is 0 Å². The summed E-state index contributed by atoms with van der Waals surface area (Å²) in [6.45, 7) is 5.35. The first-order valence-electron chi connectivity index (χ1n) is 11.1. The molecule has 1 amide bonds. The van der Waals surface area contributed by atoms with Crippen LogP contribution in [0.1, 0.15) is 41.6 Å². The number of aromatic nitrogens is 3. The second-order valence-corrected chi connectivity index (χ2v) is 8.58. The SMILES string of the molecule is CNc1cc(C2(C)CCCN(C(=O)c3cccnc3Nc3cccc(OC)c3)C2)nc(C)n1. The van der Waals surface area contributed by atoms with Crippen LogP contribution in [0.3, 0.4) is 0 Å². The van der Waals surface area contributed by atoms with Crippen LogP contribution in [0.25, 0.3) is 0 Å². The molecule has 1 fully saturated rings. The maximum Gasteiger partial charge on any atom is 0.257 e. The van der Waals surface area contributed by atoms with Crippen molar-refractivity contribution in [1.29, 1.82) is 0 Å². The molecular formula is C25H30N6O2. The first-order valence-corrected chi connectivity index (χ1v) is 11.1. The van der Waals surface area contributed by atoms with E-state index in [0.717, 1.165) is 41.6 Å². The minimum absolute atomic E-state index is 0.0426. The summed E-state index contributed by atoms with van der Waals surface area (Å²) in [6.07, 6.45) is 3.54. The number of carbonyl (C=O) groups excluding carboxylic acids is 1. The highest BCUT2D eigenvalue weighted by atomic mass is 16.5. The fourth-order valence-corrected chi connectivity index (χ4v) is 4.31. The molecule has 3 heterocycles. The number of pyridine rings is 1. The Hall–Kier alpha value is -3.68. The lowest BCUT2D eigenvalue weighted by atomic mass is 9.78. The summed E-state index contributed by atoms with van der Waals surface area (Å²) in [5, 5.41) is 6.38. The van der Waals surface area contributed by atoms with Gasteiger partial charge in [0.1, 0.15) is 23.2 Å². The van der Waals surface area contributed by atoms with Crippen molar-refractivity contribution in [1.82, 2.24) is 19.9 Å². The van der Waals surface area contributed by atoms with Gasteiger partial charge in [-0.15, -0.1) is 0 Å². The van der Waals surface area contributed by atoms with Gasteiger partial charge in [0.15, 0.2) is 0 Å². The summed E-state index contributed by atoms with van der Waals surface area (Å²) in [6, 6.07) is 13.2. The molecule has 0 aliphatic carbocycles. The third kappa shape index (κ3) is 4.89. The van der Waals surface area contributed by atoms with Gasteiger partial charge >= 0.3 is 0 Å². The van der Waals surface area contributed by atoms with E-state index in [0.29, 0.717) is 24.5 Å². The number of nitrogens with one attached hydrogen (secondary N) is 2. The van der Waals surface area contributed by atoms with Crippen molar-refractivity contribution in [3.63, 3.8) is 0 Å². The van der Waals surface area contributed by atoms with Gasteiger partial charge in [0.25, 0.3) is 5.91 Å². The molecule has 0 spiro atoms. The summed E-state index contributed by atoms with van der Waals surface area (Å²) >= 11 is 0. The summed E-state index contributed by atoms with van der Waals surface area (Å²) in [5.41, 5.74) is 2.05. The summed E-state index contributed by atoms with van der Waals surface area (Å²) in [7, 11) is 3.48. The molecule has 2 N–H and O–H groups in total. The van der Waals surface area contributed by atoms with Crippen LogP contribution in [0.5, 0.6) is 5.75 Å². The van der Waals surface area contributed by atoms with E-state index in [-0.39, 0.29) is 11.3 Å². The largest absolute Gasteiger partial charge is 0.497 e. The Balaban J connectivity index is 1.59. The van der Waals surface area contributed by atoms with E-state index in [1.54, 1.807) is 19.4 Å². The quantitative estimate of drug-likeness (QED) is 0.587. The van der Waals surface area contributed by atoms with Crippen molar-refractivity contribution in [2.45, 2.75) is 32.1 Å². The molecule has 0 radical (unpaired) electrons. The number of piperidine rings is 1. The Kier molecular flexibility index (Phi) is 6.44. The van der Waals surface area contributed by atoms with Gasteiger partial charge in [-0.2, -0.15) is 0 Å². The molecule has 8 nitrogen and oxygen atoms in total. The topological polar surface area (TPSA) is 92.3 Å². The monoisotopic (exact) mass is 446 g/mol. The Labute approximate surface area is 194 Å². The molecule has 2 aromatic heterocycles. The number of rotatable bonds is 6. The van der Waals surface area contributed by atoms with Gasteiger partial charge in [-0.25, -0.2) is 15.0 Å². The zero-order valence-corrected chi connectivity index (χ0v) is 19.6. The maximum atomic E-state index is 13.6. The van der Waals surface area contributed by atoms with Crippen molar-refractivity contribution in [2.24, 2.45) is 0 Å². The van der Waals surface area contributed by atoms with Crippen molar-refractivity contribution in [3.8, 4) is 5.75 Å². The lowest BCUT2D eigenvalue weighted by Crippen LogP contribution is -2.47. The Morgan fingerprint density at radius 2 is 2.03 bits per heavy atom. The number of ether oxygens (including phenoxy) is 1. The van der Waals surface area contributed by atoms with Crippen LogP contribution in [0.4, 0.5) is 17.3 Å². The molecule has 8 heteroatoms. The third-order valence-corrected chi connectivity index (χ3v) is 6.07. The van der Waals surface area contributed by atoms with Crippen LogP contribution in [0.15, 0.2) is 48.7 Å². The average Bonchev–Trinajstić information content (AvgIpc) is 2.83. The Morgan fingerprint density at radius 3 is 2.82 bits per heavy atom. The van der Waals surface area contributed by atoms with E-state index in [4.69, 9.17) is 9.72 Å². The lowest BCUT2D eigenvalue weighted by Gasteiger charge is -2.40. The highest BCUT2D eigenvalue weighted by Crippen LogP contribution is 2.34. The molecule has 0 bridgehead atoms. The van der Waals surface area contributed by atoms with E-state index in [1.165, 1.54) is 0 Å².